The molecule has 5 nitrogen and oxygen atoms in total. The van der Waals surface area contributed by atoms with Gasteiger partial charge in [0.15, 0.2) is 0 Å². The van der Waals surface area contributed by atoms with Crippen molar-refractivity contribution < 1.29 is 4.74 Å². The van der Waals surface area contributed by atoms with Crippen molar-refractivity contribution in [1.29, 1.82) is 0 Å². The van der Waals surface area contributed by atoms with Crippen molar-refractivity contribution in [2.45, 2.75) is 10.3 Å². The SMILES string of the molecule is NNc1ncc(Cl)c(SC2COC2)n1. The van der Waals surface area contributed by atoms with E-state index < -0.39 is 0 Å². The van der Waals surface area contributed by atoms with E-state index in [1.807, 2.05) is 0 Å². The minimum absolute atomic E-state index is 0.372. The van der Waals surface area contributed by atoms with Crippen molar-refractivity contribution in [2.75, 3.05) is 18.6 Å². The fourth-order valence-electron chi connectivity index (χ4n) is 0.944. The second-order valence-corrected chi connectivity index (χ2v) is 4.46. The third-order valence-electron chi connectivity index (χ3n) is 1.73. The number of rotatable bonds is 3. The van der Waals surface area contributed by atoms with E-state index in [0.29, 0.717) is 16.2 Å². The van der Waals surface area contributed by atoms with E-state index in [4.69, 9.17) is 22.2 Å². The van der Waals surface area contributed by atoms with Crippen LogP contribution in [0.5, 0.6) is 0 Å². The normalized spacial score (nSPS) is 16.4. The Labute approximate surface area is 90.4 Å². The number of nitrogens with two attached hydrogens (primary N) is 1. The molecule has 0 unspecified atom stereocenters. The van der Waals surface area contributed by atoms with E-state index >= 15 is 0 Å². The van der Waals surface area contributed by atoms with Gasteiger partial charge in [-0.05, 0) is 0 Å². The van der Waals surface area contributed by atoms with Crippen molar-refractivity contribution in [3.63, 3.8) is 0 Å². The van der Waals surface area contributed by atoms with Crippen LogP contribution in [0.15, 0.2) is 11.2 Å². The molecule has 76 valence electrons. The van der Waals surface area contributed by atoms with Crippen LogP contribution in [-0.4, -0.2) is 28.4 Å². The van der Waals surface area contributed by atoms with Gasteiger partial charge in [-0.25, -0.2) is 15.8 Å². The lowest BCUT2D eigenvalue weighted by molar-refractivity contribution is 0.0455. The molecular formula is C7H9ClN4OS. The molecule has 0 saturated carbocycles. The van der Waals surface area contributed by atoms with Crippen LogP contribution in [0.4, 0.5) is 5.95 Å². The molecule has 1 aromatic rings. The van der Waals surface area contributed by atoms with Crippen molar-refractivity contribution >= 4 is 29.3 Å². The van der Waals surface area contributed by atoms with Crippen LogP contribution >= 0.6 is 23.4 Å². The summed E-state index contributed by atoms with van der Waals surface area (Å²) in [7, 11) is 0. The maximum atomic E-state index is 5.92. The van der Waals surface area contributed by atoms with Gasteiger partial charge in [0.2, 0.25) is 5.95 Å². The first-order valence-electron chi connectivity index (χ1n) is 4.03. The van der Waals surface area contributed by atoms with E-state index in [2.05, 4.69) is 15.4 Å². The fourth-order valence-corrected chi connectivity index (χ4v) is 2.12. The summed E-state index contributed by atoms with van der Waals surface area (Å²) in [5.41, 5.74) is 2.38. The molecule has 1 aliphatic heterocycles. The van der Waals surface area contributed by atoms with Crippen molar-refractivity contribution in [3.05, 3.63) is 11.2 Å². The Morgan fingerprint density at radius 3 is 3.00 bits per heavy atom. The smallest absolute Gasteiger partial charge is 0.238 e. The average Bonchev–Trinajstić information content (AvgIpc) is 2.14. The van der Waals surface area contributed by atoms with Gasteiger partial charge in [-0.2, -0.15) is 0 Å². The van der Waals surface area contributed by atoms with Crippen LogP contribution in [0.1, 0.15) is 0 Å². The molecule has 1 aliphatic rings. The van der Waals surface area contributed by atoms with E-state index in [0.717, 1.165) is 18.2 Å². The van der Waals surface area contributed by atoms with Gasteiger partial charge >= 0.3 is 0 Å². The number of halogens is 1. The molecule has 1 aromatic heterocycles. The molecule has 0 bridgehead atoms. The summed E-state index contributed by atoms with van der Waals surface area (Å²) < 4.78 is 5.06. The molecule has 0 radical (unpaired) electrons. The summed E-state index contributed by atoms with van der Waals surface area (Å²) in [6.07, 6.45) is 1.53. The third kappa shape index (κ3) is 2.09. The summed E-state index contributed by atoms with van der Waals surface area (Å²) in [5.74, 6) is 5.57. The lowest BCUT2D eigenvalue weighted by atomic mass is 10.4. The predicted octanol–water partition coefficient (Wildman–Crippen LogP) is 0.906. The highest BCUT2D eigenvalue weighted by atomic mass is 35.5. The monoisotopic (exact) mass is 232 g/mol. The minimum atomic E-state index is 0.372. The van der Waals surface area contributed by atoms with Crippen LogP contribution in [0, 0.1) is 0 Å². The zero-order valence-corrected chi connectivity index (χ0v) is 8.81. The zero-order valence-electron chi connectivity index (χ0n) is 7.24. The van der Waals surface area contributed by atoms with Crippen molar-refractivity contribution in [1.82, 2.24) is 9.97 Å². The highest BCUT2D eigenvalue weighted by Gasteiger charge is 2.21. The average molecular weight is 233 g/mol. The molecule has 0 amide bonds. The summed E-state index contributed by atoms with van der Waals surface area (Å²) >= 11 is 7.51. The number of anilines is 1. The molecule has 1 saturated heterocycles. The summed E-state index contributed by atoms with van der Waals surface area (Å²) in [6, 6.07) is 0. The highest BCUT2D eigenvalue weighted by molar-refractivity contribution is 8.00. The number of aromatic nitrogens is 2. The van der Waals surface area contributed by atoms with E-state index in [9.17, 15) is 0 Å². The topological polar surface area (TPSA) is 73.1 Å². The number of nitrogen functional groups attached to an aromatic ring is 1. The predicted molar refractivity (Wildman–Crippen MR) is 55.3 cm³/mol. The van der Waals surface area contributed by atoms with Crippen LogP contribution in [0.3, 0.4) is 0 Å². The summed E-state index contributed by atoms with van der Waals surface area (Å²) in [6.45, 7) is 1.49. The van der Waals surface area contributed by atoms with Crippen LogP contribution in [0.2, 0.25) is 5.02 Å². The maximum absolute atomic E-state index is 5.92. The molecule has 0 aromatic carbocycles. The maximum Gasteiger partial charge on any atom is 0.238 e. The van der Waals surface area contributed by atoms with Gasteiger partial charge in [-0.3, -0.25) is 5.43 Å². The molecular weight excluding hydrogens is 224 g/mol. The Morgan fingerprint density at radius 2 is 2.43 bits per heavy atom. The lowest BCUT2D eigenvalue weighted by Gasteiger charge is -2.24. The number of hydrogen-bond donors (Lipinski definition) is 2. The quantitative estimate of drug-likeness (QED) is 0.459. The van der Waals surface area contributed by atoms with E-state index in [-0.39, 0.29) is 0 Å². The van der Waals surface area contributed by atoms with Gasteiger partial charge in [-0.15, -0.1) is 0 Å². The van der Waals surface area contributed by atoms with Gasteiger partial charge in [-0.1, -0.05) is 23.4 Å². The Morgan fingerprint density at radius 1 is 1.64 bits per heavy atom. The van der Waals surface area contributed by atoms with Crippen LogP contribution in [-0.2, 0) is 4.74 Å². The molecule has 1 fully saturated rings. The Balaban J connectivity index is 2.13. The first-order chi connectivity index (χ1) is 6.79. The Hall–Kier alpha value is -0.560. The van der Waals surface area contributed by atoms with Gasteiger partial charge in [0, 0.05) is 0 Å². The third-order valence-corrected chi connectivity index (χ3v) is 3.26. The van der Waals surface area contributed by atoms with Crippen molar-refractivity contribution in [2.24, 2.45) is 5.84 Å². The summed E-state index contributed by atoms with van der Waals surface area (Å²) in [5, 5.41) is 1.72. The molecule has 2 heterocycles. The molecule has 3 N–H and O–H groups in total. The molecule has 2 rings (SSSR count). The lowest BCUT2D eigenvalue weighted by Crippen LogP contribution is -2.30. The molecule has 0 aliphatic carbocycles. The molecule has 0 spiro atoms. The Bertz CT molecular complexity index is 333. The first-order valence-corrected chi connectivity index (χ1v) is 5.29. The summed E-state index contributed by atoms with van der Waals surface area (Å²) in [4.78, 5) is 8.03. The standard InChI is InChI=1S/C7H9ClN4OS/c8-5-1-10-7(12-9)11-6(5)14-4-2-13-3-4/h1,4H,2-3,9H2,(H,10,11,12). The second kappa shape index (κ2) is 4.31. The number of nitrogens with zero attached hydrogens (tertiary/aromatic N) is 2. The van der Waals surface area contributed by atoms with Crippen LogP contribution < -0.4 is 11.3 Å². The highest BCUT2D eigenvalue weighted by Crippen LogP contribution is 2.31. The van der Waals surface area contributed by atoms with Gasteiger partial charge in [0.05, 0.1) is 29.7 Å². The fraction of sp³-hybridized carbons (Fsp3) is 0.429. The van der Waals surface area contributed by atoms with Gasteiger partial charge in [0.1, 0.15) is 5.03 Å². The number of ether oxygens (including phenoxy) is 1. The zero-order chi connectivity index (χ0) is 9.97. The number of hydrogen-bond acceptors (Lipinski definition) is 6. The Kier molecular flexibility index (Phi) is 3.07. The number of thioether (sulfide) groups is 1. The van der Waals surface area contributed by atoms with E-state index in [1.165, 1.54) is 6.20 Å². The molecule has 0 atom stereocenters. The largest absolute Gasteiger partial charge is 0.379 e. The van der Waals surface area contributed by atoms with E-state index in [1.54, 1.807) is 11.8 Å². The van der Waals surface area contributed by atoms with Gasteiger partial charge < -0.3 is 4.74 Å². The molecule has 14 heavy (non-hydrogen) atoms. The first kappa shape index (κ1) is 9.97. The number of hydrazine groups is 1. The minimum Gasteiger partial charge on any atom is -0.379 e. The van der Waals surface area contributed by atoms with Crippen LogP contribution in [0.25, 0.3) is 0 Å². The molecule has 7 heteroatoms. The number of nitrogens with one attached hydrogen (secondary N) is 1. The van der Waals surface area contributed by atoms with Crippen molar-refractivity contribution in [3.8, 4) is 0 Å². The van der Waals surface area contributed by atoms with Gasteiger partial charge in [0.25, 0.3) is 0 Å². The second-order valence-electron chi connectivity index (χ2n) is 2.77.